The molecule has 0 aliphatic rings. The van der Waals surface area contributed by atoms with Gasteiger partial charge in [0.2, 0.25) is 6.08 Å². The highest BCUT2D eigenvalue weighted by atomic mass is 16.1. The van der Waals surface area contributed by atoms with Gasteiger partial charge in [-0.05, 0) is 24.2 Å². The summed E-state index contributed by atoms with van der Waals surface area (Å²) in [4.78, 5) is 13.5. The average Bonchev–Trinajstić information content (AvgIpc) is 1.99. The molecule has 2 heteroatoms. The topological polar surface area (TPSA) is 29.4 Å². The van der Waals surface area contributed by atoms with Crippen molar-refractivity contribution >= 4 is 6.08 Å². The minimum absolute atomic E-state index is 0.382. The second-order valence-electron chi connectivity index (χ2n) is 4.66. The molecule has 0 spiro atoms. The van der Waals surface area contributed by atoms with Crippen LogP contribution in [0, 0.1) is 11.3 Å². The number of carbonyl (C=O) groups excluding carboxylic acids is 1. The van der Waals surface area contributed by atoms with E-state index in [-0.39, 0.29) is 0 Å². The van der Waals surface area contributed by atoms with E-state index in [4.69, 9.17) is 0 Å². The van der Waals surface area contributed by atoms with Gasteiger partial charge < -0.3 is 0 Å². The van der Waals surface area contributed by atoms with E-state index < -0.39 is 0 Å². The zero-order chi connectivity index (χ0) is 10.3. The van der Waals surface area contributed by atoms with Crippen molar-refractivity contribution in [2.45, 2.75) is 47.0 Å². The molecule has 2 nitrogen and oxygen atoms in total. The van der Waals surface area contributed by atoms with E-state index >= 15 is 0 Å². The maximum Gasteiger partial charge on any atom is 0.234 e. The van der Waals surface area contributed by atoms with Crippen LogP contribution in [-0.4, -0.2) is 12.6 Å². The lowest BCUT2D eigenvalue weighted by atomic mass is 9.80. The third-order valence-corrected chi connectivity index (χ3v) is 2.30. The van der Waals surface area contributed by atoms with Gasteiger partial charge in [-0.25, -0.2) is 9.79 Å². The van der Waals surface area contributed by atoms with Crippen LogP contribution >= 0.6 is 0 Å². The van der Waals surface area contributed by atoms with Crippen LogP contribution in [0.25, 0.3) is 0 Å². The Morgan fingerprint density at radius 1 is 1.46 bits per heavy atom. The summed E-state index contributed by atoms with van der Waals surface area (Å²) in [5, 5.41) is 0. The fourth-order valence-electron chi connectivity index (χ4n) is 1.98. The van der Waals surface area contributed by atoms with Crippen LogP contribution in [0.15, 0.2) is 4.99 Å². The summed E-state index contributed by atoms with van der Waals surface area (Å²) in [6.07, 6.45) is 5.18. The molecule has 0 radical (unpaired) electrons. The predicted octanol–water partition coefficient (Wildman–Crippen LogP) is 3.17. The van der Waals surface area contributed by atoms with Crippen molar-refractivity contribution in [1.82, 2.24) is 0 Å². The van der Waals surface area contributed by atoms with Crippen molar-refractivity contribution in [3.63, 3.8) is 0 Å². The lowest BCUT2D eigenvalue weighted by Crippen LogP contribution is -2.16. The van der Waals surface area contributed by atoms with Gasteiger partial charge in [-0.3, -0.25) is 0 Å². The Labute approximate surface area is 81.4 Å². The number of hydrogen-bond acceptors (Lipinski definition) is 2. The smallest absolute Gasteiger partial charge is 0.211 e. The molecule has 0 aromatic heterocycles. The Kier molecular flexibility index (Phi) is 5.65. The molecule has 0 amide bonds. The van der Waals surface area contributed by atoms with Crippen LogP contribution in [0.3, 0.4) is 0 Å². The summed E-state index contributed by atoms with van der Waals surface area (Å²) >= 11 is 0. The molecule has 0 heterocycles. The van der Waals surface area contributed by atoms with Gasteiger partial charge in [-0.15, -0.1) is 0 Å². The first kappa shape index (κ1) is 12.4. The summed E-state index contributed by atoms with van der Waals surface area (Å²) < 4.78 is 0. The fraction of sp³-hybridized carbons (Fsp3) is 0.909. The molecule has 0 saturated carbocycles. The number of isocyanates is 1. The van der Waals surface area contributed by atoms with Crippen molar-refractivity contribution in [2.24, 2.45) is 16.3 Å². The van der Waals surface area contributed by atoms with Crippen LogP contribution in [0.4, 0.5) is 0 Å². The quantitative estimate of drug-likeness (QED) is 0.459. The summed E-state index contributed by atoms with van der Waals surface area (Å²) in [6.45, 7) is 9.51. The Balaban J connectivity index is 3.87. The lowest BCUT2D eigenvalue weighted by Gasteiger charge is -2.26. The van der Waals surface area contributed by atoms with Crippen molar-refractivity contribution in [2.75, 3.05) is 6.54 Å². The van der Waals surface area contributed by atoms with E-state index in [0.717, 1.165) is 6.42 Å². The van der Waals surface area contributed by atoms with Crippen molar-refractivity contribution in [3.8, 4) is 0 Å². The van der Waals surface area contributed by atoms with Crippen molar-refractivity contribution in [1.29, 1.82) is 0 Å². The van der Waals surface area contributed by atoms with Gasteiger partial charge in [0.25, 0.3) is 0 Å². The zero-order valence-corrected chi connectivity index (χ0v) is 9.26. The Morgan fingerprint density at radius 3 is 2.54 bits per heavy atom. The zero-order valence-electron chi connectivity index (χ0n) is 9.26. The minimum atomic E-state index is 0.382. The minimum Gasteiger partial charge on any atom is -0.211 e. The molecule has 0 saturated heterocycles. The van der Waals surface area contributed by atoms with Gasteiger partial charge in [0.1, 0.15) is 0 Å². The second kappa shape index (κ2) is 5.93. The van der Waals surface area contributed by atoms with Gasteiger partial charge >= 0.3 is 0 Å². The second-order valence-corrected chi connectivity index (χ2v) is 4.66. The molecule has 0 rings (SSSR count). The molecule has 76 valence electrons. The number of rotatable bonds is 6. The van der Waals surface area contributed by atoms with Crippen LogP contribution in [0.1, 0.15) is 47.0 Å². The van der Waals surface area contributed by atoms with Gasteiger partial charge in [0.05, 0.1) is 6.54 Å². The predicted molar refractivity (Wildman–Crippen MR) is 55.5 cm³/mol. The molecular weight excluding hydrogens is 162 g/mol. The van der Waals surface area contributed by atoms with Crippen molar-refractivity contribution < 1.29 is 4.79 Å². The van der Waals surface area contributed by atoms with Gasteiger partial charge in [0.15, 0.2) is 0 Å². The molecule has 0 aromatic carbocycles. The summed E-state index contributed by atoms with van der Waals surface area (Å²) in [5.74, 6) is 0.489. The van der Waals surface area contributed by atoms with E-state index in [1.807, 2.05) is 0 Å². The van der Waals surface area contributed by atoms with Crippen LogP contribution < -0.4 is 0 Å². The van der Waals surface area contributed by atoms with Gasteiger partial charge in [0, 0.05) is 0 Å². The highest BCUT2D eigenvalue weighted by Gasteiger charge is 2.19. The molecule has 0 N–H and O–H groups in total. The summed E-state index contributed by atoms with van der Waals surface area (Å²) in [6, 6.07) is 0. The van der Waals surface area contributed by atoms with E-state index in [0.29, 0.717) is 17.9 Å². The maximum atomic E-state index is 9.91. The van der Waals surface area contributed by atoms with E-state index in [1.165, 1.54) is 12.8 Å². The third kappa shape index (κ3) is 6.53. The van der Waals surface area contributed by atoms with Gasteiger partial charge in [-0.2, -0.15) is 0 Å². The fourth-order valence-corrected chi connectivity index (χ4v) is 1.98. The molecule has 0 aromatic rings. The molecule has 0 bridgehead atoms. The first-order valence-electron chi connectivity index (χ1n) is 5.05. The molecular formula is C11H21NO. The van der Waals surface area contributed by atoms with Crippen molar-refractivity contribution in [3.05, 3.63) is 0 Å². The van der Waals surface area contributed by atoms with E-state index in [2.05, 4.69) is 32.7 Å². The average molecular weight is 183 g/mol. The van der Waals surface area contributed by atoms with E-state index in [1.54, 1.807) is 6.08 Å². The first-order valence-corrected chi connectivity index (χ1v) is 5.05. The van der Waals surface area contributed by atoms with E-state index in [9.17, 15) is 4.79 Å². The normalized spacial score (nSPS) is 13.5. The number of aliphatic imine (C=N–C) groups is 1. The lowest BCUT2D eigenvalue weighted by molar-refractivity contribution is 0.257. The Hall–Kier alpha value is -0.620. The molecule has 0 fully saturated rings. The molecule has 1 unspecified atom stereocenters. The first-order chi connectivity index (χ1) is 6.02. The highest BCUT2D eigenvalue weighted by Crippen LogP contribution is 2.30. The number of nitrogens with zero attached hydrogens (tertiary/aromatic N) is 1. The molecule has 0 aliphatic heterocycles. The molecule has 13 heavy (non-hydrogen) atoms. The standard InChI is InChI=1S/C11H21NO/c1-5-6-11(3,4)7-10(2)8-12-9-13/h10H,5-8H2,1-4H3. The maximum absolute atomic E-state index is 9.91. The Morgan fingerprint density at radius 2 is 2.08 bits per heavy atom. The van der Waals surface area contributed by atoms with Crippen LogP contribution in [0.5, 0.6) is 0 Å². The number of hydrogen-bond donors (Lipinski definition) is 0. The molecule has 1 atom stereocenters. The Bertz CT molecular complexity index is 181. The van der Waals surface area contributed by atoms with Gasteiger partial charge in [-0.1, -0.05) is 34.1 Å². The summed E-state index contributed by atoms with van der Waals surface area (Å²) in [5.41, 5.74) is 0.382. The third-order valence-electron chi connectivity index (χ3n) is 2.30. The monoisotopic (exact) mass is 183 g/mol. The summed E-state index contributed by atoms with van der Waals surface area (Å²) in [7, 11) is 0. The largest absolute Gasteiger partial charge is 0.234 e. The molecule has 0 aliphatic carbocycles. The van der Waals surface area contributed by atoms with Crippen LogP contribution in [0.2, 0.25) is 0 Å². The van der Waals surface area contributed by atoms with Crippen LogP contribution in [-0.2, 0) is 4.79 Å². The highest BCUT2D eigenvalue weighted by molar-refractivity contribution is 5.32. The SMILES string of the molecule is CCCC(C)(C)CC(C)CN=C=O.